The van der Waals surface area contributed by atoms with Crippen LogP contribution in [0.1, 0.15) is 39.8 Å². The fourth-order valence-corrected chi connectivity index (χ4v) is 1.32. The number of Topliss-reactive ketones (excluding diaryl/α,β-unsaturated/α-hetero) is 1. The van der Waals surface area contributed by atoms with Crippen LogP contribution in [0.25, 0.3) is 0 Å². The van der Waals surface area contributed by atoms with E-state index in [2.05, 4.69) is 4.98 Å². The molecule has 1 aromatic rings. The average Bonchev–Trinajstić information content (AvgIpc) is 2.13. The summed E-state index contributed by atoms with van der Waals surface area (Å²) in [5.41, 5.74) is 3.03. The second-order valence-corrected chi connectivity index (χ2v) is 3.33. The molecule has 0 unspecified atom stereocenters. The van der Waals surface area contributed by atoms with Crippen molar-refractivity contribution in [2.45, 2.75) is 27.7 Å². The van der Waals surface area contributed by atoms with E-state index in [9.17, 15) is 9.59 Å². The van der Waals surface area contributed by atoms with Gasteiger partial charge in [0, 0.05) is 44.1 Å². The molecule has 4 heteroatoms. The van der Waals surface area contributed by atoms with E-state index in [4.69, 9.17) is 0 Å². The molecule has 0 saturated heterocycles. The molecule has 77 valence electrons. The van der Waals surface area contributed by atoms with Crippen molar-refractivity contribution in [3.8, 4) is 0 Å². The predicted octanol–water partition coefficient (Wildman–Crippen LogP) is 1.66. The van der Waals surface area contributed by atoms with Crippen LogP contribution in [0, 0.1) is 20.8 Å². The number of pyridine rings is 1. The Morgan fingerprint density at radius 1 is 1.20 bits per heavy atom. The largest absolute Gasteiger partial charge is 0.376 e. The number of carbonyl (C=O) groups excluding carboxylic acids is 2. The summed E-state index contributed by atoms with van der Waals surface area (Å²) in [5.74, 6) is -0.199. The van der Waals surface area contributed by atoms with Crippen LogP contribution in [-0.2, 0) is 37.5 Å². The van der Waals surface area contributed by atoms with E-state index in [1.165, 1.54) is 6.92 Å². The maximum Gasteiger partial charge on any atom is 0.124 e. The van der Waals surface area contributed by atoms with Gasteiger partial charge in [0.1, 0.15) is 5.78 Å². The minimum Gasteiger partial charge on any atom is -0.376 e. The van der Waals surface area contributed by atoms with E-state index >= 15 is 0 Å². The first-order chi connectivity index (χ1) is 6.49. The minimum atomic E-state index is -0.199. The summed E-state index contributed by atoms with van der Waals surface area (Å²) in [5, 5.41) is 0. The van der Waals surface area contributed by atoms with Crippen molar-refractivity contribution in [2.24, 2.45) is 0 Å². The topological polar surface area (TPSA) is 47.0 Å². The van der Waals surface area contributed by atoms with Crippen molar-refractivity contribution in [3.05, 3.63) is 28.1 Å². The molecule has 0 spiro atoms. The van der Waals surface area contributed by atoms with Crippen LogP contribution in [-0.4, -0.2) is 17.1 Å². The van der Waals surface area contributed by atoms with Crippen molar-refractivity contribution >= 4 is 12.1 Å². The third kappa shape index (κ3) is 2.79. The Bertz CT molecular complexity index is 414. The molecule has 0 saturated carbocycles. The molecule has 1 radical (unpaired) electrons. The van der Waals surface area contributed by atoms with Crippen LogP contribution in [0.3, 0.4) is 0 Å². The Morgan fingerprint density at radius 3 is 2.13 bits per heavy atom. The third-order valence-electron chi connectivity index (χ3n) is 2.43. The molecule has 0 amide bonds. The van der Waals surface area contributed by atoms with Crippen LogP contribution in [0.5, 0.6) is 0 Å². The quantitative estimate of drug-likeness (QED) is 0.611. The molecule has 0 atom stereocenters. The van der Waals surface area contributed by atoms with Gasteiger partial charge in [0.15, 0.2) is 0 Å². The molecule has 1 rings (SSSR count). The molecule has 0 bridgehead atoms. The van der Waals surface area contributed by atoms with Crippen LogP contribution in [0.15, 0.2) is 0 Å². The molecule has 0 fully saturated rings. The van der Waals surface area contributed by atoms with E-state index < -0.39 is 0 Å². The number of aryl methyl sites for hydroxylation is 1. The standard InChI is InChI=1S/C11H12NO2.Y/c1-6-7(2)10(5-13)11(9(4)14)12-8(6)3;/h1-4H3;/q-1;. The van der Waals surface area contributed by atoms with Crippen LogP contribution >= 0.6 is 0 Å². The van der Waals surface area contributed by atoms with Crippen molar-refractivity contribution in [2.75, 3.05) is 0 Å². The number of hydrogen-bond donors (Lipinski definition) is 0. The Labute approximate surface area is 115 Å². The Kier molecular flexibility index (Phi) is 5.46. The molecule has 1 heterocycles. The fraction of sp³-hybridized carbons (Fsp3) is 0.364. The first-order valence-electron chi connectivity index (χ1n) is 4.36. The summed E-state index contributed by atoms with van der Waals surface area (Å²) < 4.78 is 0. The predicted molar refractivity (Wildman–Crippen MR) is 53.2 cm³/mol. The van der Waals surface area contributed by atoms with Gasteiger partial charge in [-0.25, -0.2) is 0 Å². The molecule has 15 heavy (non-hydrogen) atoms. The van der Waals surface area contributed by atoms with Gasteiger partial charge in [-0.2, -0.15) is 0 Å². The number of hydrogen-bond acceptors (Lipinski definition) is 3. The zero-order valence-corrected chi connectivity index (χ0v) is 12.2. The van der Waals surface area contributed by atoms with Crippen LogP contribution < -0.4 is 0 Å². The summed E-state index contributed by atoms with van der Waals surface area (Å²) in [6.45, 7) is 6.90. The molecular weight excluding hydrogens is 267 g/mol. The zero-order valence-electron chi connectivity index (χ0n) is 9.34. The number of nitrogens with zero attached hydrogens (tertiary/aromatic N) is 1. The maximum absolute atomic E-state index is 11.2. The maximum atomic E-state index is 11.2. The van der Waals surface area contributed by atoms with E-state index in [-0.39, 0.29) is 44.2 Å². The van der Waals surface area contributed by atoms with Gasteiger partial charge in [-0.15, -0.1) is 11.1 Å². The number of rotatable bonds is 2. The van der Waals surface area contributed by atoms with Crippen LogP contribution in [0.4, 0.5) is 0 Å². The molecule has 0 aliphatic carbocycles. The Hall–Kier alpha value is -0.406. The van der Waals surface area contributed by atoms with E-state index in [0.29, 0.717) is 5.56 Å². The molecular formula is C11H12NO2Y-. The minimum absolute atomic E-state index is 0. The first kappa shape index (κ1) is 14.6. The van der Waals surface area contributed by atoms with Gasteiger partial charge in [0.2, 0.25) is 0 Å². The van der Waals surface area contributed by atoms with Gasteiger partial charge < -0.3 is 14.6 Å². The zero-order chi connectivity index (χ0) is 10.9. The van der Waals surface area contributed by atoms with Gasteiger partial charge in [0.25, 0.3) is 0 Å². The third-order valence-corrected chi connectivity index (χ3v) is 2.43. The Morgan fingerprint density at radius 2 is 1.73 bits per heavy atom. The van der Waals surface area contributed by atoms with E-state index in [1.54, 1.807) is 13.2 Å². The van der Waals surface area contributed by atoms with Gasteiger partial charge in [0.05, 0.1) is 6.29 Å². The monoisotopic (exact) mass is 279 g/mol. The summed E-state index contributed by atoms with van der Waals surface area (Å²) >= 11 is 0. The summed E-state index contributed by atoms with van der Waals surface area (Å²) in [4.78, 5) is 26.0. The van der Waals surface area contributed by atoms with Gasteiger partial charge >= 0.3 is 0 Å². The number of ketones is 1. The molecule has 0 aromatic carbocycles. The molecule has 0 aliphatic heterocycles. The van der Waals surface area contributed by atoms with Crippen molar-refractivity contribution < 1.29 is 42.3 Å². The van der Waals surface area contributed by atoms with Gasteiger partial charge in [-0.05, 0) is 20.8 Å². The smallest absolute Gasteiger partial charge is 0.124 e. The second-order valence-electron chi connectivity index (χ2n) is 3.33. The second kappa shape index (κ2) is 5.62. The number of aromatic nitrogens is 1. The molecule has 0 N–H and O–H groups in total. The number of carbonyl (C=O) groups is 1. The van der Waals surface area contributed by atoms with E-state index in [1.807, 2.05) is 13.8 Å². The van der Waals surface area contributed by atoms with Crippen molar-refractivity contribution in [1.82, 2.24) is 4.98 Å². The molecule has 1 aromatic heterocycles. The van der Waals surface area contributed by atoms with Crippen molar-refractivity contribution in [1.29, 1.82) is 0 Å². The van der Waals surface area contributed by atoms with Gasteiger partial charge in [-0.3, -0.25) is 0 Å². The average molecular weight is 279 g/mol. The summed E-state index contributed by atoms with van der Waals surface area (Å²) in [6.07, 6.45) is 1.78. The summed E-state index contributed by atoms with van der Waals surface area (Å²) in [7, 11) is 0. The summed E-state index contributed by atoms with van der Waals surface area (Å²) in [6, 6.07) is 0. The Balaban J connectivity index is 0.00000196. The molecule has 3 nitrogen and oxygen atoms in total. The van der Waals surface area contributed by atoms with E-state index in [0.717, 1.165) is 16.8 Å². The molecule has 0 aliphatic rings. The SMILES string of the molecule is CC(=O)c1nc(C)c(C)c(C)c1[C-]=O.[Y]. The van der Waals surface area contributed by atoms with Crippen molar-refractivity contribution in [3.63, 3.8) is 0 Å². The van der Waals surface area contributed by atoms with Crippen LogP contribution in [0.2, 0.25) is 0 Å². The van der Waals surface area contributed by atoms with Gasteiger partial charge in [-0.1, -0.05) is 12.5 Å². The normalized spacial score (nSPS) is 9.33. The first-order valence-corrected chi connectivity index (χ1v) is 4.36. The fourth-order valence-electron chi connectivity index (χ4n) is 1.32.